The summed E-state index contributed by atoms with van der Waals surface area (Å²) in [5.41, 5.74) is -0.506. The fourth-order valence-electron chi connectivity index (χ4n) is 2.18. The number of carboxylic acids is 2. The van der Waals surface area contributed by atoms with Crippen molar-refractivity contribution in [2.24, 2.45) is 5.92 Å². The molecule has 0 aliphatic carbocycles. The number of hydrogen-bond acceptors (Lipinski definition) is 10. The van der Waals surface area contributed by atoms with E-state index in [0.717, 1.165) is 12.8 Å². The van der Waals surface area contributed by atoms with Crippen LogP contribution in [-0.2, 0) is 23.9 Å². The highest BCUT2D eigenvalue weighted by molar-refractivity contribution is 5.80. The Bertz CT molecular complexity index is 539. The van der Waals surface area contributed by atoms with E-state index in [9.17, 15) is 29.4 Å². The molecule has 1 rings (SSSR count). The summed E-state index contributed by atoms with van der Waals surface area (Å²) in [5, 5.41) is 35.7. The highest BCUT2D eigenvalue weighted by Gasteiger charge is 2.31. The van der Waals surface area contributed by atoms with Crippen LogP contribution >= 0.6 is 0 Å². The van der Waals surface area contributed by atoms with Crippen LogP contribution in [-0.4, -0.2) is 76.6 Å². The summed E-state index contributed by atoms with van der Waals surface area (Å²) < 4.78 is 10.3. The fraction of sp³-hybridized carbons (Fsp3) is 0.765. The number of piperidine rings is 1. The molecule has 162 valence electrons. The van der Waals surface area contributed by atoms with Crippen molar-refractivity contribution < 1.29 is 49.1 Å². The van der Waals surface area contributed by atoms with Crippen molar-refractivity contribution in [3.05, 3.63) is 0 Å². The largest absolute Gasteiger partial charge is 0.547 e. The van der Waals surface area contributed by atoms with Gasteiger partial charge in [0.05, 0.1) is 24.5 Å². The smallest absolute Gasteiger partial charge is 0.410 e. The van der Waals surface area contributed by atoms with Gasteiger partial charge in [0.15, 0.2) is 0 Å². The lowest BCUT2D eigenvalue weighted by Crippen LogP contribution is -2.51. The van der Waals surface area contributed by atoms with Gasteiger partial charge in [-0.05, 0) is 40.5 Å². The first-order chi connectivity index (χ1) is 12.8. The predicted octanol–water partition coefficient (Wildman–Crippen LogP) is -2.60. The standard InChI is InChI=1S/C13H23NO4.C4H6O6/c1-5-17-11(15)10-7-6-8-14(9-10)12(16)18-13(2,3)4;5-1(3(7)8)2(6)4(9)10/h10H,5-9H2,1-4H3;1-2,5-6H,(H,7,8)(H,9,10)/p-2/t10-;1-,2-/m11/s1. The van der Waals surface area contributed by atoms with Crippen LogP contribution in [0.1, 0.15) is 40.5 Å². The van der Waals surface area contributed by atoms with Crippen molar-refractivity contribution in [1.29, 1.82) is 0 Å². The number of carbonyl (C=O) groups excluding carboxylic acids is 4. The van der Waals surface area contributed by atoms with Crippen LogP contribution in [0.25, 0.3) is 0 Å². The molecule has 11 heteroatoms. The van der Waals surface area contributed by atoms with Gasteiger partial charge < -0.3 is 44.4 Å². The minimum atomic E-state index is -2.44. The lowest BCUT2D eigenvalue weighted by atomic mass is 9.98. The third kappa shape index (κ3) is 9.51. The lowest BCUT2D eigenvalue weighted by molar-refractivity contribution is -0.333. The summed E-state index contributed by atoms with van der Waals surface area (Å²) in [6.07, 6.45) is -3.65. The van der Waals surface area contributed by atoms with Gasteiger partial charge in [0.1, 0.15) is 17.8 Å². The van der Waals surface area contributed by atoms with Gasteiger partial charge in [0, 0.05) is 13.1 Å². The van der Waals surface area contributed by atoms with Crippen molar-refractivity contribution in [3.8, 4) is 0 Å². The summed E-state index contributed by atoms with van der Waals surface area (Å²) in [5.74, 6) is -4.55. The van der Waals surface area contributed by atoms with E-state index in [4.69, 9.17) is 19.7 Å². The molecule has 2 N–H and O–H groups in total. The number of esters is 1. The van der Waals surface area contributed by atoms with E-state index in [-0.39, 0.29) is 18.0 Å². The number of likely N-dealkylation sites (tertiary alicyclic amines) is 1. The third-order valence-corrected chi connectivity index (χ3v) is 3.48. The number of hydrogen-bond donors (Lipinski definition) is 2. The molecule has 0 aromatic heterocycles. The summed E-state index contributed by atoms with van der Waals surface area (Å²) in [7, 11) is 0. The highest BCUT2D eigenvalue weighted by atomic mass is 16.6. The zero-order chi connectivity index (χ0) is 22.1. The number of carboxylic acid groups (broad SMARTS) is 2. The molecule has 1 amide bonds. The molecule has 1 aliphatic rings. The molecule has 28 heavy (non-hydrogen) atoms. The van der Waals surface area contributed by atoms with Gasteiger partial charge in [-0.3, -0.25) is 4.79 Å². The SMILES string of the molecule is CCOC(=O)[C@@H]1CCCN(C(=O)OC(C)(C)C)C1.O=C([O-])[C@H](O)[C@@H](O)C(=O)[O-]. The average molecular weight is 405 g/mol. The second-order valence-electron chi connectivity index (χ2n) is 7.05. The van der Waals surface area contributed by atoms with Crippen LogP contribution in [0.15, 0.2) is 0 Å². The zero-order valence-electron chi connectivity index (χ0n) is 16.4. The second kappa shape index (κ2) is 11.4. The van der Waals surface area contributed by atoms with Gasteiger partial charge in [-0.2, -0.15) is 0 Å². The van der Waals surface area contributed by atoms with Crippen molar-refractivity contribution in [2.45, 2.75) is 58.3 Å². The summed E-state index contributed by atoms with van der Waals surface area (Å²) >= 11 is 0. The van der Waals surface area contributed by atoms with E-state index < -0.39 is 29.7 Å². The fourth-order valence-corrected chi connectivity index (χ4v) is 2.18. The third-order valence-electron chi connectivity index (χ3n) is 3.48. The molecule has 0 aromatic rings. The molecule has 0 aromatic carbocycles. The maximum Gasteiger partial charge on any atom is 0.410 e. The van der Waals surface area contributed by atoms with E-state index in [2.05, 4.69) is 0 Å². The van der Waals surface area contributed by atoms with E-state index in [0.29, 0.717) is 19.7 Å². The first-order valence-corrected chi connectivity index (χ1v) is 8.72. The molecule has 0 radical (unpaired) electrons. The first kappa shape index (κ1) is 25.6. The van der Waals surface area contributed by atoms with E-state index in [1.165, 1.54) is 0 Å². The van der Waals surface area contributed by atoms with Crippen molar-refractivity contribution in [3.63, 3.8) is 0 Å². The molecule has 11 nitrogen and oxygen atoms in total. The lowest BCUT2D eigenvalue weighted by Gasteiger charge is -2.33. The Labute approximate surface area is 162 Å². The molecule has 0 spiro atoms. The molecule has 1 aliphatic heterocycles. The van der Waals surface area contributed by atoms with Crippen LogP contribution in [0.5, 0.6) is 0 Å². The zero-order valence-corrected chi connectivity index (χ0v) is 16.4. The number of amides is 1. The molecular formula is C17H27NO10-2. The maximum absolute atomic E-state index is 11.9. The normalized spacial score (nSPS) is 18.8. The first-order valence-electron chi connectivity index (χ1n) is 8.72. The summed E-state index contributed by atoms with van der Waals surface area (Å²) in [6, 6.07) is 0. The topological polar surface area (TPSA) is 177 Å². The Balaban J connectivity index is 0.000000621. The molecule has 0 bridgehead atoms. The quantitative estimate of drug-likeness (QED) is 0.461. The minimum Gasteiger partial charge on any atom is -0.547 e. The van der Waals surface area contributed by atoms with E-state index in [1.54, 1.807) is 11.8 Å². The minimum absolute atomic E-state index is 0.216. The van der Waals surface area contributed by atoms with Gasteiger partial charge in [-0.15, -0.1) is 0 Å². The number of aliphatic carboxylic acids is 2. The number of carbonyl (C=O) groups is 4. The molecular weight excluding hydrogens is 378 g/mol. The molecule has 0 saturated carbocycles. The Morgan fingerprint density at radius 3 is 2.00 bits per heavy atom. The van der Waals surface area contributed by atoms with Crippen LogP contribution in [0.2, 0.25) is 0 Å². The summed E-state index contributed by atoms with van der Waals surface area (Å²) in [4.78, 5) is 44.4. The number of nitrogens with zero attached hydrogens (tertiary/aromatic N) is 1. The Morgan fingerprint density at radius 1 is 1.11 bits per heavy atom. The predicted molar refractivity (Wildman–Crippen MR) is 89.2 cm³/mol. The second-order valence-corrected chi connectivity index (χ2v) is 7.05. The number of aliphatic hydroxyl groups excluding tert-OH is 2. The van der Waals surface area contributed by atoms with Gasteiger partial charge in [-0.25, -0.2) is 4.79 Å². The average Bonchev–Trinajstić information content (AvgIpc) is 2.59. The highest BCUT2D eigenvalue weighted by Crippen LogP contribution is 2.20. The van der Waals surface area contributed by atoms with Gasteiger partial charge in [-0.1, -0.05) is 0 Å². The maximum atomic E-state index is 11.9. The number of rotatable bonds is 5. The van der Waals surface area contributed by atoms with Crippen molar-refractivity contribution >= 4 is 24.0 Å². The van der Waals surface area contributed by atoms with Crippen LogP contribution < -0.4 is 10.2 Å². The van der Waals surface area contributed by atoms with Crippen LogP contribution in [0.4, 0.5) is 4.79 Å². The van der Waals surface area contributed by atoms with Gasteiger partial charge >= 0.3 is 12.1 Å². The van der Waals surface area contributed by atoms with Crippen molar-refractivity contribution in [2.75, 3.05) is 19.7 Å². The Morgan fingerprint density at radius 2 is 1.61 bits per heavy atom. The molecule has 1 fully saturated rings. The monoisotopic (exact) mass is 405 g/mol. The molecule has 1 heterocycles. The molecule has 3 atom stereocenters. The Kier molecular flexibility index (Phi) is 10.5. The van der Waals surface area contributed by atoms with Gasteiger partial charge in [0.25, 0.3) is 0 Å². The van der Waals surface area contributed by atoms with Crippen molar-refractivity contribution in [1.82, 2.24) is 4.90 Å². The van der Waals surface area contributed by atoms with E-state index >= 15 is 0 Å². The van der Waals surface area contributed by atoms with E-state index in [1.807, 2.05) is 20.8 Å². The summed E-state index contributed by atoms with van der Waals surface area (Å²) in [6.45, 7) is 8.69. The van der Waals surface area contributed by atoms with Crippen LogP contribution in [0, 0.1) is 5.92 Å². The number of aliphatic hydroxyl groups is 2. The Hall–Kier alpha value is -2.40. The van der Waals surface area contributed by atoms with Gasteiger partial charge in [0.2, 0.25) is 0 Å². The molecule has 0 unspecified atom stereocenters. The molecule has 1 saturated heterocycles. The van der Waals surface area contributed by atoms with Crippen LogP contribution in [0.3, 0.4) is 0 Å². The number of ether oxygens (including phenoxy) is 2.